The minimum Gasteiger partial charge on any atom is -0.493 e. The lowest BCUT2D eigenvalue weighted by molar-refractivity contribution is -0.385. The molecule has 0 aliphatic carbocycles. The maximum absolute atomic E-state index is 11.1. The number of nitro groups is 1. The maximum Gasteiger partial charge on any atom is 0.343 e. The second-order valence-electron chi connectivity index (χ2n) is 4.04. The normalized spacial score (nSPS) is 10.2. The number of nitrogens with zero attached hydrogens (tertiary/aromatic N) is 1. The molecular formula is C14H15NO8. The van der Waals surface area contributed by atoms with E-state index in [1.807, 2.05) is 0 Å². The number of esters is 2. The summed E-state index contributed by atoms with van der Waals surface area (Å²) in [7, 11) is 3.71. The molecule has 0 amide bonds. The van der Waals surface area contributed by atoms with Crippen LogP contribution in [-0.4, -0.2) is 44.8 Å². The first-order chi connectivity index (χ1) is 10.9. The van der Waals surface area contributed by atoms with E-state index in [1.165, 1.54) is 33.5 Å². The first-order valence-corrected chi connectivity index (χ1v) is 6.25. The average Bonchev–Trinajstić information content (AvgIpc) is 2.56. The highest BCUT2D eigenvalue weighted by Gasteiger charge is 2.19. The first-order valence-electron chi connectivity index (χ1n) is 6.25. The Balaban J connectivity index is 3.22. The predicted octanol–water partition coefficient (Wildman–Crippen LogP) is 1.34. The molecule has 0 radical (unpaired) electrons. The van der Waals surface area contributed by atoms with E-state index in [0.717, 1.165) is 12.1 Å². The van der Waals surface area contributed by atoms with E-state index in [2.05, 4.69) is 9.47 Å². The lowest BCUT2D eigenvalue weighted by Gasteiger charge is -2.11. The van der Waals surface area contributed by atoms with Gasteiger partial charge in [0, 0.05) is 6.08 Å². The van der Waals surface area contributed by atoms with Gasteiger partial charge in [0.2, 0.25) is 0 Å². The number of rotatable bonds is 7. The van der Waals surface area contributed by atoms with Crippen LogP contribution in [0.2, 0.25) is 0 Å². The molecule has 124 valence electrons. The summed E-state index contributed by atoms with van der Waals surface area (Å²) < 4.78 is 19.1. The number of carbonyl (C=O) groups is 2. The van der Waals surface area contributed by atoms with Crippen molar-refractivity contribution in [1.29, 1.82) is 0 Å². The van der Waals surface area contributed by atoms with Crippen molar-refractivity contribution in [2.45, 2.75) is 0 Å². The van der Waals surface area contributed by atoms with Gasteiger partial charge in [0.1, 0.15) is 0 Å². The van der Waals surface area contributed by atoms with Gasteiger partial charge in [0.05, 0.1) is 37.9 Å². The Hall–Kier alpha value is -3.10. The molecule has 9 nitrogen and oxygen atoms in total. The van der Waals surface area contributed by atoms with Gasteiger partial charge in [-0.15, -0.1) is 0 Å². The molecule has 0 aliphatic heterocycles. The molecule has 0 saturated carbocycles. The number of benzene rings is 1. The summed E-state index contributed by atoms with van der Waals surface area (Å²) in [6.07, 6.45) is 2.26. The highest BCUT2D eigenvalue weighted by molar-refractivity contribution is 5.88. The van der Waals surface area contributed by atoms with Crippen LogP contribution in [-0.2, 0) is 19.1 Å². The summed E-state index contributed by atoms with van der Waals surface area (Å²) in [4.78, 5) is 32.7. The maximum atomic E-state index is 11.1. The van der Waals surface area contributed by atoms with Crippen molar-refractivity contribution in [2.75, 3.05) is 27.9 Å². The van der Waals surface area contributed by atoms with Crippen LogP contribution in [0.15, 0.2) is 18.2 Å². The molecule has 1 aromatic carbocycles. The smallest absolute Gasteiger partial charge is 0.343 e. The zero-order valence-electron chi connectivity index (χ0n) is 12.7. The van der Waals surface area contributed by atoms with Gasteiger partial charge in [0.15, 0.2) is 18.1 Å². The largest absolute Gasteiger partial charge is 0.493 e. The van der Waals surface area contributed by atoms with Crippen LogP contribution in [0, 0.1) is 10.1 Å². The molecule has 0 atom stereocenters. The Labute approximate surface area is 131 Å². The van der Waals surface area contributed by atoms with E-state index in [4.69, 9.17) is 9.47 Å². The van der Waals surface area contributed by atoms with Crippen LogP contribution in [0.25, 0.3) is 6.08 Å². The van der Waals surface area contributed by atoms with E-state index in [9.17, 15) is 19.7 Å². The van der Waals surface area contributed by atoms with E-state index in [0.29, 0.717) is 0 Å². The Bertz CT molecular complexity index is 638. The van der Waals surface area contributed by atoms with Crippen molar-refractivity contribution in [2.24, 2.45) is 0 Å². The van der Waals surface area contributed by atoms with Crippen LogP contribution >= 0.6 is 0 Å². The van der Waals surface area contributed by atoms with Gasteiger partial charge >= 0.3 is 11.9 Å². The zero-order valence-corrected chi connectivity index (χ0v) is 12.7. The molecule has 0 spiro atoms. The Morgan fingerprint density at radius 2 is 1.87 bits per heavy atom. The molecule has 0 N–H and O–H groups in total. The third-order valence-corrected chi connectivity index (χ3v) is 2.68. The fraction of sp³-hybridized carbons (Fsp3) is 0.286. The number of ether oxygens (including phenoxy) is 4. The second-order valence-corrected chi connectivity index (χ2v) is 4.04. The van der Waals surface area contributed by atoms with Gasteiger partial charge in [-0.25, -0.2) is 9.59 Å². The predicted molar refractivity (Wildman–Crippen MR) is 78.2 cm³/mol. The quantitative estimate of drug-likeness (QED) is 0.319. The van der Waals surface area contributed by atoms with Crippen molar-refractivity contribution < 1.29 is 33.5 Å². The van der Waals surface area contributed by atoms with Crippen LogP contribution < -0.4 is 9.47 Å². The van der Waals surface area contributed by atoms with E-state index in [1.54, 1.807) is 0 Å². The summed E-state index contributed by atoms with van der Waals surface area (Å²) in [5.41, 5.74) is -0.214. The molecule has 1 aromatic rings. The molecule has 0 fully saturated rings. The molecule has 1 rings (SSSR count). The molecule has 23 heavy (non-hydrogen) atoms. The van der Waals surface area contributed by atoms with Gasteiger partial charge in [-0.1, -0.05) is 0 Å². The van der Waals surface area contributed by atoms with Gasteiger partial charge in [-0.3, -0.25) is 10.1 Å². The molecule has 0 aliphatic rings. The van der Waals surface area contributed by atoms with Crippen molar-refractivity contribution >= 4 is 23.7 Å². The van der Waals surface area contributed by atoms with E-state index < -0.39 is 23.5 Å². The number of nitro benzene ring substituents is 1. The lowest BCUT2D eigenvalue weighted by Crippen LogP contribution is -2.13. The fourth-order valence-corrected chi connectivity index (χ4v) is 1.55. The molecule has 9 heteroatoms. The molecule has 0 aromatic heterocycles. The monoisotopic (exact) mass is 325 g/mol. The fourth-order valence-electron chi connectivity index (χ4n) is 1.55. The van der Waals surface area contributed by atoms with Gasteiger partial charge in [-0.05, 0) is 12.1 Å². The highest BCUT2D eigenvalue weighted by Crippen LogP contribution is 2.35. The zero-order chi connectivity index (χ0) is 17.4. The van der Waals surface area contributed by atoms with E-state index in [-0.39, 0.29) is 22.7 Å². The number of hydrogen-bond donors (Lipinski definition) is 0. The van der Waals surface area contributed by atoms with Crippen LogP contribution in [0.5, 0.6) is 11.5 Å². The summed E-state index contributed by atoms with van der Waals surface area (Å²) in [6.45, 7) is -0.429. The number of methoxy groups -OCH3 is 3. The van der Waals surface area contributed by atoms with Crippen LogP contribution in [0.1, 0.15) is 5.56 Å². The average molecular weight is 325 g/mol. The molecule has 0 unspecified atom stereocenters. The second kappa shape index (κ2) is 8.37. The van der Waals surface area contributed by atoms with Crippen molar-refractivity contribution in [3.8, 4) is 11.5 Å². The number of carbonyl (C=O) groups excluding carboxylic acids is 2. The minimum atomic E-state index is -0.663. The molecule has 0 saturated heterocycles. The van der Waals surface area contributed by atoms with Crippen LogP contribution in [0.3, 0.4) is 0 Å². The van der Waals surface area contributed by atoms with Gasteiger partial charge < -0.3 is 18.9 Å². The SMILES string of the molecule is COC(=O)C=Cc1cc(OC)c(OCC(=O)OC)cc1[N+](=O)[O-]. The highest BCUT2D eigenvalue weighted by atomic mass is 16.6. The Morgan fingerprint density at radius 3 is 2.39 bits per heavy atom. The third-order valence-electron chi connectivity index (χ3n) is 2.68. The van der Waals surface area contributed by atoms with Crippen molar-refractivity contribution in [3.05, 3.63) is 33.9 Å². The standard InChI is InChI=1S/C14H15NO8/c1-20-11-6-9(4-5-13(16)21-2)10(15(18)19)7-12(11)23-8-14(17)22-3/h4-7H,8H2,1-3H3. The topological polar surface area (TPSA) is 114 Å². The van der Waals surface area contributed by atoms with Crippen LogP contribution in [0.4, 0.5) is 5.69 Å². The summed E-state index contributed by atoms with van der Waals surface area (Å²) in [5, 5.41) is 11.1. The summed E-state index contributed by atoms with van der Waals surface area (Å²) >= 11 is 0. The lowest BCUT2D eigenvalue weighted by atomic mass is 10.1. The van der Waals surface area contributed by atoms with Gasteiger partial charge in [0.25, 0.3) is 5.69 Å². The molecule has 0 heterocycles. The van der Waals surface area contributed by atoms with Gasteiger partial charge in [-0.2, -0.15) is 0 Å². The Kier molecular flexibility index (Phi) is 6.53. The Morgan fingerprint density at radius 1 is 1.17 bits per heavy atom. The van der Waals surface area contributed by atoms with Crippen molar-refractivity contribution in [3.63, 3.8) is 0 Å². The molecular weight excluding hydrogens is 310 g/mol. The van der Waals surface area contributed by atoms with E-state index >= 15 is 0 Å². The summed E-state index contributed by atoms with van der Waals surface area (Å²) in [6, 6.07) is 2.41. The minimum absolute atomic E-state index is 0.000168. The third kappa shape index (κ3) is 4.99. The molecule has 0 bridgehead atoms. The number of hydrogen-bond acceptors (Lipinski definition) is 8. The van der Waals surface area contributed by atoms with Crippen molar-refractivity contribution in [1.82, 2.24) is 0 Å². The summed E-state index contributed by atoms with van der Waals surface area (Å²) in [5.74, 6) is -1.16. The first kappa shape index (κ1) is 18.0.